The molecule has 178 valence electrons. The Hall–Kier alpha value is -3.59. The van der Waals surface area contributed by atoms with Gasteiger partial charge >= 0.3 is 0 Å². The van der Waals surface area contributed by atoms with Crippen LogP contribution >= 0.6 is 0 Å². The van der Waals surface area contributed by atoms with E-state index in [0.717, 1.165) is 48.2 Å². The molecule has 5 rings (SSSR count). The van der Waals surface area contributed by atoms with E-state index in [4.69, 9.17) is 9.97 Å². The van der Waals surface area contributed by atoms with Gasteiger partial charge in [-0.15, -0.1) is 0 Å². The zero-order valence-electron chi connectivity index (χ0n) is 20.2. The first-order valence-electron chi connectivity index (χ1n) is 12.3. The van der Waals surface area contributed by atoms with Gasteiger partial charge in [0.05, 0.1) is 23.0 Å². The maximum absolute atomic E-state index is 15.1. The summed E-state index contributed by atoms with van der Waals surface area (Å²) >= 11 is 0. The second-order valence-electron chi connectivity index (χ2n) is 9.64. The summed E-state index contributed by atoms with van der Waals surface area (Å²) in [5.74, 6) is 0.350. The summed E-state index contributed by atoms with van der Waals surface area (Å²) < 4.78 is 15.1. The van der Waals surface area contributed by atoms with Crippen LogP contribution in [0.3, 0.4) is 0 Å². The largest absolute Gasteiger partial charge is 0.511 e. The van der Waals surface area contributed by atoms with Gasteiger partial charge in [-0.2, -0.15) is 5.26 Å². The van der Waals surface area contributed by atoms with E-state index in [0.29, 0.717) is 35.5 Å². The number of allylic oxidation sites excluding steroid dienone is 7. The maximum atomic E-state index is 15.1. The third-order valence-electron chi connectivity index (χ3n) is 7.83. The molecule has 0 radical (unpaired) electrons. The molecule has 3 unspecified atom stereocenters. The number of aromatic nitrogens is 3. The number of fused-ring (bicyclic) bond motifs is 4. The molecule has 2 heterocycles. The topological polar surface area (TPSA) is 82.7 Å². The van der Waals surface area contributed by atoms with Gasteiger partial charge in [-0.05, 0) is 69.1 Å². The number of hydrogen-bond acceptors (Lipinski definition) is 5. The van der Waals surface area contributed by atoms with Crippen molar-refractivity contribution >= 4 is 5.57 Å². The van der Waals surface area contributed by atoms with Gasteiger partial charge in [0.2, 0.25) is 0 Å². The quantitative estimate of drug-likeness (QED) is 0.519. The van der Waals surface area contributed by atoms with Crippen LogP contribution in [0.25, 0.3) is 17.0 Å². The van der Waals surface area contributed by atoms with Gasteiger partial charge in [0.15, 0.2) is 5.82 Å². The van der Waals surface area contributed by atoms with Crippen molar-refractivity contribution < 1.29 is 9.50 Å². The smallest absolute Gasteiger partial charge is 0.160 e. The highest BCUT2D eigenvalue weighted by molar-refractivity contribution is 5.79. The van der Waals surface area contributed by atoms with Gasteiger partial charge in [-0.25, -0.2) is 14.4 Å². The Kier molecular flexibility index (Phi) is 6.10. The van der Waals surface area contributed by atoms with Crippen LogP contribution in [0.4, 0.5) is 4.39 Å². The van der Waals surface area contributed by atoms with E-state index in [1.54, 1.807) is 18.3 Å². The summed E-state index contributed by atoms with van der Waals surface area (Å²) in [6.07, 6.45) is 11.4. The Morgan fingerprint density at radius 3 is 2.83 bits per heavy atom. The SMILES string of the molecule is C=C/C(F)=C(\C=C/C)c1nc(-c2ccnc3c2CCC3)nc2c1CCC1C(C)C(O)=C(C#N)CC21. The van der Waals surface area contributed by atoms with Gasteiger partial charge in [0.1, 0.15) is 11.6 Å². The molecule has 3 atom stereocenters. The number of aryl methyl sites for hydroxylation is 1. The average Bonchev–Trinajstić information content (AvgIpc) is 3.37. The van der Waals surface area contributed by atoms with Crippen LogP contribution in [0.5, 0.6) is 0 Å². The Morgan fingerprint density at radius 2 is 2.09 bits per heavy atom. The fourth-order valence-electron chi connectivity index (χ4n) is 6.08. The zero-order chi connectivity index (χ0) is 24.7. The standard InChI is InChI=1S/C29H29FN4O/c1-4-7-21(24(30)5-2)26-22-11-10-18-16(3)28(35)17(15-31)14-23(18)27(22)34-29(33-26)20-12-13-32-25-9-6-8-19(20)25/h4-5,7,12-13,16,18,23,35H,2,6,8-11,14H2,1,3H3/b7-4-,24-21-. The summed E-state index contributed by atoms with van der Waals surface area (Å²) in [7, 11) is 0. The van der Waals surface area contributed by atoms with Crippen molar-refractivity contribution in [2.45, 2.75) is 58.3 Å². The van der Waals surface area contributed by atoms with E-state index in [9.17, 15) is 10.4 Å². The second-order valence-corrected chi connectivity index (χ2v) is 9.64. The second kappa shape index (κ2) is 9.22. The molecule has 35 heavy (non-hydrogen) atoms. The van der Waals surface area contributed by atoms with Crippen LogP contribution in [0.2, 0.25) is 0 Å². The highest BCUT2D eigenvalue weighted by Gasteiger charge is 2.42. The Morgan fingerprint density at radius 1 is 1.26 bits per heavy atom. The molecular formula is C29H29FN4O. The van der Waals surface area contributed by atoms with E-state index in [-0.39, 0.29) is 23.5 Å². The molecule has 2 aromatic rings. The number of hydrogen-bond donors (Lipinski definition) is 1. The first-order chi connectivity index (χ1) is 17.0. The van der Waals surface area contributed by atoms with Gasteiger partial charge in [0, 0.05) is 40.4 Å². The lowest BCUT2D eigenvalue weighted by atomic mass is 9.65. The Bertz CT molecular complexity index is 1350. The number of nitrogens with zero attached hydrogens (tertiary/aromatic N) is 4. The zero-order valence-corrected chi connectivity index (χ0v) is 20.2. The highest BCUT2D eigenvalue weighted by Crippen LogP contribution is 2.50. The summed E-state index contributed by atoms with van der Waals surface area (Å²) in [4.78, 5) is 14.6. The monoisotopic (exact) mass is 468 g/mol. The van der Waals surface area contributed by atoms with Crippen LogP contribution in [-0.2, 0) is 19.3 Å². The lowest BCUT2D eigenvalue weighted by molar-refractivity contribution is 0.198. The van der Waals surface area contributed by atoms with Gasteiger partial charge in [-0.1, -0.05) is 25.7 Å². The number of rotatable bonds is 4. The minimum Gasteiger partial charge on any atom is -0.511 e. The predicted octanol–water partition coefficient (Wildman–Crippen LogP) is 6.49. The number of aliphatic hydroxyl groups excluding tert-OH is 1. The molecule has 0 bridgehead atoms. The van der Waals surface area contributed by atoms with Crippen molar-refractivity contribution in [3.8, 4) is 17.5 Å². The van der Waals surface area contributed by atoms with Gasteiger partial charge in [0.25, 0.3) is 0 Å². The molecule has 0 saturated heterocycles. The number of nitriles is 1. The number of halogens is 1. The maximum Gasteiger partial charge on any atom is 0.160 e. The first-order valence-corrected chi connectivity index (χ1v) is 12.3. The van der Waals surface area contributed by atoms with Crippen LogP contribution < -0.4 is 0 Å². The van der Waals surface area contributed by atoms with Crippen molar-refractivity contribution in [3.05, 3.63) is 82.4 Å². The van der Waals surface area contributed by atoms with E-state index >= 15 is 4.39 Å². The molecule has 2 aromatic heterocycles. The number of pyridine rings is 1. The molecule has 0 aromatic carbocycles. The Balaban J connectivity index is 1.78. The van der Waals surface area contributed by atoms with Crippen molar-refractivity contribution in [1.29, 1.82) is 5.26 Å². The van der Waals surface area contributed by atoms with Crippen molar-refractivity contribution in [3.63, 3.8) is 0 Å². The van der Waals surface area contributed by atoms with Crippen LogP contribution in [0, 0.1) is 23.2 Å². The minimum atomic E-state index is -0.427. The van der Waals surface area contributed by atoms with Crippen molar-refractivity contribution in [1.82, 2.24) is 15.0 Å². The fourth-order valence-corrected chi connectivity index (χ4v) is 6.08. The molecule has 0 saturated carbocycles. The molecule has 0 aliphatic heterocycles. The third kappa shape index (κ3) is 3.80. The molecule has 0 amide bonds. The van der Waals surface area contributed by atoms with E-state index < -0.39 is 5.83 Å². The molecule has 6 heteroatoms. The molecule has 1 N–H and O–H groups in total. The predicted molar refractivity (Wildman–Crippen MR) is 134 cm³/mol. The van der Waals surface area contributed by atoms with E-state index in [1.165, 1.54) is 11.6 Å². The molecular weight excluding hydrogens is 439 g/mol. The van der Waals surface area contributed by atoms with Crippen molar-refractivity contribution in [2.75, 3.05) is 0 Å². The third-order valence-corrected chi connectivity index (χ3v) is 7.83. The van der Waals surface area contributed by atoms with Gasteiger partial charge < -0.3 is 5.11 Å². The van der Waals surface area contributed by atoms with E-state index in [2.05, 4.69) is 17.6 Å². The lowest BCUT2D eigenvalue weighted by Gasteiger charge is -2.40. The molecule has 5 nitrogen and oxygen atoms in total. The van der Waals surface area contributed by atoms with E-state index in [1.807, 2.05) is 19.9 Å². The van der Waals surface area contributed by atoms with Gasteiger partial charge in [-0.3, -0.25) is 4.98 Å². The number of aliphatic hydroxyl groups is 1. The molecule has 3 aliphatic rings. The molecule has 0 spiro atoms. The van der Waals surface area contributed by atoms with Crippen molar-refractivity contribution in [2.24, 2.45) is 11.8 Å². The highest BCUT2D eigenvalue weighted by atomic mass is 19.1. The van der Waals surface area contributed by atoms with Crippen LogP contribution in [0.15, 0.2) is 54.2 Å². The summed E-state index contributed by atoms with van der Waals surface area (Å²) in [6, 6.07) is 4.15. The average molecular weight is 469 g/mol. The summed E-state index contributed by atoms with van der Waals surface area (Å²) in [5.41, 5.74) is 6.39. The Labute approximate surface area is 205 Å². The molecule has 0 fully saturated rings. The lowest BCUT2D eigenvalue weighted by Crippen LogP contribution is -2.33. The fraction of sp³-hybridized carbons (Fsp3) is 0.379. The first kappa shape index (κ1) is 23.2. The minimum absolute atomic E-state index is 0.0339. The van der Waals surface area contributed by atoms with Crippen LogP contribution in [0.1, 0.15) is 67.2 Å². The van der Waals surface area contributed by atoms with Crippen LogP contribution in [-0.4, -0.2) is 20.1 Å². The summed E-state index contributed by atoms with van der Waals surface area (Å²) in [5, 5.41) is 20.3. The molecule has 3 aliphatic carbocycles. The summed E-state index contributed by atoms with van der Waals surface area (Å²) in [6.45, 7) is 7.48. The normalized spacial score (nSPS) is 23.9.